The van der Waals surface area contributed by atoms with Gasteiger partial charge >= 0.3 is 0 Å². The Bertz CT molecular complexity index is 729. The summed E-state index contributed by atoms with van der Waals surface area (Å²) in [4.78, 5) is 0.305. The minimum Gasteiger partial charge on any atom is -0.207 e. The van der Waals surface area contributed by atoms with Crippen molar-refractivity contribution in [2.24, 2.45) is 0 Å². The Morgan fingerprint density at radius 2 is 1.52 bits per heavy atom. The van der Waals surface area contributed by atoms with Gasteiger partial charge in [0, 0.05) is 6.04 Å². The van der Waals surface area contributed by atoms with Crippen LogP contribution in [0, 0.1) is 0 Å². The molecule has 0 spiro atoms. The zero-order chi connectivity index (χ0) is 17.1. The van der Waals surface area contributed by atoms with Crippen LogP contribution in [-0.2, 0) is 15.4 Å². The quantitative estimate of drug-likeness (QED) is 0.882. The van der Waals surface area contributed by atoms with E-state index in [9.17, 15) is 8.42 Å². The molecule has 124 valence electrons. The number of nitrogens with one attached hydrogen (secondary N) is 1. The van der Waals surface area contributed by atoms with Crippen molar-refractivity contribution in [1.82, 2.24) is 4.72 Å². The Labute approximate surface area is 139 Å². The van der Waals surface area contributed by atoms with E-state index in [0.717, 1.165) is 11.1 Å². The topological polar surface area (TPSA) is 46.2 Å². The highest BCUT2D eigenvalue weighted by molar-refractivity contribution is 7.89. The van der Waals surface area contributed by atoms with Gasteiger partial charge in [-0.05, 0) is 35.1 Å². The lowest BCUT2D eigenvalue weighted by Crippen LogP contribution is -2.28. The van der Waals surface area contributed by atoms with Crippen LogP contribution in [0.15, 0.2) is 59.5 Å². The molecule has 0 amide bonds. The first kappa shape index (κ1) is 17.7. The van der Waals surface area contributed by atoms with Crippen LogP contribution in [0.4, 0.5) is 0 Å². The molecule has 2 rings (SSSR count). The summed E-state index contributed by atoms with van der Waals surface area (Å²) < 4.78 is 28.1. The molecule has 4 heteroatoms. The van der Waals surface area contributed by atoms with Gasteiger partial charge in [0.15, 0.2) is 0 Å². The first-order chi connectivity index (χ1) is 10.7. The SMILES string of the molecule is CCC(NS(=O)(=O)c1ccc(C(C)(C)C)cc1)c1ccccc1. The van der Waals surface area contributed by atoms with E-state index < -0.39 is 10.0 Å². The van der Waals surface area contributed by atoms with E-state index >= 15 is 0 Å². The van der Waals surface area contributed by atoms with Crippen molar-refractivity contribution in [3.05, 3.63) is 65.7 Å². The van der Waals surface area contributed by atoms with Gasteiger partial charge in [0.1, 0.15) is 0 Å². The third kappa shape index (κ3) is 4.43. The first-order valence-electron chi connectivity index (χ1n) is 7.92. The van der Waals surface area contributed by atoms with Gasteiger partial charge in [-0.3, -0.25) is 0 Å². The van der Waals surface area contributed by atoms with Gasteiger partial charge in [-0.25, -0.2) is 13.1 Å². The lowest BCUT2D eigenvalue weighted by atomic mass is 9.87. The maximum Gasteiger partial charge on any atom is 0.241 e. The predicted octanol–water partition coefficient (Wildman–Crippen LogP) is 4.41. The van der Waals surface area contributed by atoms with Crippen molar-refractivity contribution >= 4 is 10.0 Å². The van der Waals surface area contributed by atoms with Crippen LogP contribution in [0.2, 0.25) is 0 Å². The van der Waals surface area contributed by atoms with Crippen LogP contribution < -0.4 is 4.72 Å². The summed E-state index contributed by atoms with van der Waals surface area (Å²) >= 11 is 0. The molecule has 2 aromatic carbocycles. The standard InChI is InChI=1S/C19H25NO2S/c1-5-18(15-9-7-6-8-10-15)20-23(21,22)17-13-11-16(12-14-17)19(2,3)4/h6-14,18,20H,5H2,1-4H3. The highest BCUT2D eigenvalue weighted by Gasteiger charge is 2.21. The number of sulfonamides is 1. The van der Waals surface area contributed by atoms with Crippen molar-refractivity contribution in [2.75, 3.05) is 0 Å². The lowest BCUT2D eigenvalue weighted by molar-refractivity contribution is 0.549. The van der Waals surface area contributed by atoms with E-state index in [2.05, 4.69) is 25.5 Å². The number of hydrogen-bond acceptors (Lipinski definition) is 2. The van der Waals surface area contributed by atoms with Crippen molar-refractivity contribution in [3.8, 4) is 0 Å². The molecule has 0 aliphatic rings. The highest BCUT2D eigenvalue weighted by atomic mass is 32.2. The summed E-state index contributed by atoms with van der Waals surface area (Å²) in [5, 5.41) is 0. The minimum absolute atomic E-state index is 0.00567. The molecule has 1 unspecified atom stereocenters. The third-order valence-electron chi connectivity index (χ3n) is 3.94. The molecule has 0 heterocycles. The molecule has 0 radical (unpaired) electrons. The summed E-state index contributed by atoms with van der Waals surface area (Å²) in [5.74, 6) is 0. The average molecular weight is 331 g/mol. The van der Waals surface area contributed by atoms with Gasteiger partial charge in [0.2, 0.25) is 10.0 Å². The molecule has 0 aliphatic heterocycles. The van der Waals surface area contributed by atoms with Crippen LogP contribution in [0.3, 0.4) is 0 Å². The van der Waals surface area contributed by atoms with E-state index in [4.69, 9.17) is 0 Å². The van der Waals surface area contributed by atoms with Gasteiger partial charge in [-0.15, -0.1) is 0 Å². The molecule has 1 N–H and O–H groups in total. The molecule has 0 aromatic heterocycles. The van der Waals surface area contributed by atoms with E-state index in [1.54, 1.807) is 12.1 Å². The fourth-order valence-corrected chi connectivity index (χ4v) is 3.77. The molecule has 3 nitrogen and oxygen atoms in total. The fraction of sp³-hybridized carbons (Fsp3) is 0.368. The zero-order valence-corrected chi connectivity index (χ0v) is 15.0. The molecular weight excluding hydrogens is 306 g/mol. The third-order valence-corrected chi connectivity index (χ3v) is 5.43. The van der Waals surface area contributed by atoms with E-state index in [1.165, 1.54) is 0 Å². The highest BCUT2D eigenvalue weighted by Crippen LogP contribution is 2.24. The number of rotatable bonds is 5. The zero-order valence-electron chi connectivity index (χ0n) is 14.2. The summed E-state index contributed by atoms with van der Waals surface area (Å²) in [7, 11) is -3.53. The van der Waals surface area contributed by atoms with Crippen molar-refractivity contribution in [2.45, 2.75) is 50.5 Å². The summed E-state index contributed by atoms with van der Waals surface area (Å²) in [6.07, 6.45) is 0.698. The minimum atomic E-state index is -3.53. The fourth-order valence-electron chi connectivity index (χ4n) is 2.46. The molecule has 0 saturated carbocycles. The van der Waals surface area contributed by atoms with Gasteiger partial charge < -0.3 is 0 Å². The molecule has 0 fully saturated rings. The molecule has 0 saturated heterocycles. The van der Waals surface area contributed by atoms with E-state index in [1.807, 2.05) is 49.4 Å². The maximum atomic E-state index is 12.6. The summed E-state index contributed by atoms with van der Waals surface area (Å²) in [6, 6.07) is 16.6. The van der Waals surface area contributed by atoms with Crippen molar-refractivity contribution < 1.29 is 8.42 Å². The second-order valence-corrected chi connectivity index (χ2v) is 8.48. The molecule has 2 aromatic rings. The molecule has 0 bridgehead atoms. The maximum absolute atomic E-state index is 12.6. The molecule has 23 heavy (non-hydrogen) atoms. The van der Waals surface area contributed by atoms with Crippen LogP contribution in [0.1, 0.15) is 51.3 Å². The van der Waals surface area contributed by atoms with Crippen LogP contribution in [0.25, 0.3) is 0 Å². The van der Waals surface area contributed by atoms with Gasteiger partial charge in [-0.1, -0.05) is 70.2 Å². The Morgan fingerprint density at radius 1 is 0.957 bits per heavy atom. The number of benzene rings is 2. The van der Waals surface area contributed by atoms with E-state index in [-0.39, 0.29) is 11.5 Å². The predicted molar refractivity (Wildman–Crippen MR) is 94.9 cm³/mol. The molecule has 0 aliphatic carbocycles. The molecular formula is C19H25NO2S. The Balaban J connectivity index is 2.24. The van der Waals surface area contributed by atoms with Crippen molar-refractivity contribution in [3.63, 3.8) is 0 Å². The smallest absolute Gasteiger partial charge is 0.207 e. The van der Waals surface area contributed by atoms with Crippen LogP contribution in [-0.4, -0.2) is 8.42 Å². The second kappa shape index (κ2) is 6.85. The monoisotopic (exact) mass is 331 g/mol. The number of hydrogen-bond donors (Lipinski definition) is 1. The van der Waals surface area contributed by atoms with Gasteiger partial charge in [0.05, 0.1) is 4.90 Å². The van der Waals surface area contributed by atoms with Gasteiger partial charge in [-0.2, -0.15) is 0 Å². The average Bonchev–Trinajstić information content (AvgIpc) is 2.53. The Morgan fingerprint density at radius 3 is 2.00 bits per heavy atom. The Kier molecular flexibility index (Phi) is 5.27. The molecule has 1 atom stereocenters. The normalized spacial score (nSPS) is 13.7. The summed E-state index contributed by atoms with van der Waals surface area (Å²) in [6.45, 7) is 8.30. The van der Waals surface area contributed by atoms with Gasteiger partial charge in [0.25, 0.3) is 0 Å². The summed E-state index contributed by atoms with van der Waals surface area (Å²) in [5.41, 5.74) is 2.10. The lowest BCUT2D eigenvalue weighted by Gasteiger charge is -2.20. The second-order valence-electron chi connectivity index (χ2n) is 6.77. The van der Waals surface area contributed by atoms with Crippen LogP contribution in [0.5, 0.6) is 0 Å². The van der Waals surface area contributed by atoms with Crippen molar-refractivity contribution in [1.29, 1.82) is 0 Å². The van der Waals surface area contributed by atoms with E-state index in [0.29, 0.717) is 11.3 Å². The first-order valence-corrected chi connectivity index (χ1v) is 9.40. The Hall–Kier alpha value is -1.65. The largest absolute Gasteiger partial charge is 0.241 e. The van der Waals surface area contributed by atoms with Crippen LogP contribution >= 0.6 is 0 Å².